The molecule has 5 rings (SSSR count). The van der Waals surface area contributed by atoms with Gasteiger partial charge in [0.15, 0.2) is 0 Å². The van der Waals surface area contributed by atoms with Crippen molar-refractivity contribution in [3.8, 4) is 0 Å². The second-order valence-corrected chi connectivity index (χ2v) is 8.74. The fourth-order valence-corrected chi connectivity index (χ4v) is 4.52. The molecule has 1 aliphatic rings. The molecular weight excluding hydrogens is 482 g/mol. The van der Waals surface area contributed by atoms with Crippen molar-refractivity contribution in [2.45, 2.75) is 6.54 Å². The van der Waals surface area contributed by atoms with E-state index in [1.807, 2.05) is 6.07 Å². The van der Waals surface area contributed by atoms with E-state index in [0.717, 1.165) is 16.7 Å². The van der Waals surface area contributed by atoms with Gasteiger partial charge >= 0.3 is 5.69 Å². The first-order valence-corrected chi connectivity index (χ1v) is 11.7. The van der Waals surface area contributed by atoms with Crippen LogP contribution >= 0.6 is 0 Å². The number of halogens is 2. The molecule has 0 radical (unpaired) electrons. The quantitative estimate of drug-likeness (QED) is 0.462. The number of H-pyrrole nitrogens is 1. The van der Waals surface area contributed by atoms with Crippen LogP contribution in [-0.2, 0) is 6.54 Å². The normalized spacial score (nSPS) is 13.7. The molecule has 2 heterocycles. The summed E-state index contributed by atoms with van der Waals surface area (Å²) in [5.41, 5.74) is -0.694. The maximum absolute atomic E-state index is 14.7. The zero-order chi connectivity index (χ0) is 26.1. The van der Waals surface area contributed by atoms with Gasteiger partial charge in [-0.1, -0.05) is 30.3 Å². The maximum Gasteiger partial charge on any atom is 0.329 e. The molecule has 0 unspecified atom stereocenters. The monoisotopic (exact) mass is 504 g/mol. The van der Waals surface area contributed by atoms with E-state index in [2.05, 4.69) is 4.98 Å². The standard InChI is InChI=1S/C27H22F2N4O4/c28-20-10-9-17(16-33-22-8-4-7-21(29)23(22)24(34)30-27(33)37)15-19(20)26(36)32-13-11-31(12-14-32)25(35)18-5-2-1-3-6-18/h1-10,15H,11-14,16H2,(H,30,34,37). The molecule has 1 saturated heterocycles. The summed E-state index contributed by atoms with van der Waals surface area (Å²) in [6, 6.07) is 16.7. The number of amides is 2. The zero-order valence-electron chi connectivity index (χ0n) is 19.6. The molecule has 188 valence electrons. The van der Waals surface area contributed by atoms with Crippen molar-refractivity contribution in [3.05, 3.63) is 116 Å². The second kappa shape index (κ2) is 9.81. The number of benzene rings is 3. The lowest BCUT2D eigenvalue weighted by Gasteiger charge is -2.35. The highest BCUT2D eigenvalue weighted by Gasteiger charge is 2.27. The summed E-state index contributed by atoms with van der Waals surface area (Å²) in [5.74, 6) is -2.15. The lowest BCUT2D eigenvalue weighted by molar-refractivity contribution is 0.0532. The molecule has 8 nitrogen and oxygen atoms in total. The third-order valence-corrected chi connectivity index (χ3v) is 6.45. The first-order valence-electron chi connectivity index (χ1n) is 11.7. The van der Waals surface area contributed by atoms with Crippen LogP contribution < -0.4 is 11.2 Å². The third kappa shape index (κ3) is 4.65. The smallest absolute Gasteiger partial charge is 0.329 e. The molecule has 37 heavy (non-hydrogen) atoms. The van der Waals surface area contributed by atoms with E-state index in [9.17, 15) is 28.0 Å². The largest absolute Gasteiger partial charge is 0.335 e. The van der Waals surface area contributed by atoms with E-state index in [1.54, 1.807) is 29.2 Å². The Morgan fingerprint density at radius 3 is 2.16 bits per heavy atom. The molecular formula is C27H22F2N4O4. The predicted molar refractivity (Wildman–Crippen MR) is 133 cm³/mol. The summed E-state index contributed by atoms with van der Waals surface area (Å²) in [4.78, 5) is 55.7. The van der Waals surface area contributed by atoms with E-state index in [1.165, 1.54) is 29.2 Å². The first kappa shape index (κ1) is 24.1. The fourth-order valence-electron chi connectivity index (χ4n) is 4.52. The summed E-state index contributed by atoms with van der Waals surface area (Å²) >= 11 is 0. The van der Waals surface area contributed by atoms with E-state index >= 15 is 0 Å². The van der Waals surface area contributed by atoms with Gasteiger partial charge in [0.25, 0.3) is 17.4 Å². The van der Waals surface area contributed by atoms with Crippen molar-refractivity contribution in [3.63, 3.8) is 0 Å². The molecule has 0 bridgehead atoms. The maximum atomic E-state index is 14.7. The van der Waals surface area contributed by atoms with Crippen LogP contribution in [0.4, 0.5) is 8.78 Å². The number of hydrogen-bond acceptors (Lipinski definition) is 4. The Labute approximate surface area is 209 Å². The van der Waals surface area contributed by atoms with Crippen molar-refractivity contribution in [2.75, 3.05) is 26.2 Å². The summed E-state index contributed by atoms with van der Waals surface area (Å²) in [6.45, 7) is 0.987. The lowest BCUT2D eigenvalue weighted by Crippen LogP contribution is -2.50. The van der Waals surface area contributed by atoms with E-state index in [-0.39, 0.29) is 42.0 Å². The van der Waals surface area contributed by atoms with E-state index in [4.69, 9.17) is 0 Å². The number of piperazine rings is 1. The van der Waals surface area contributed by atoms with Gasteiger partial charge in [-0.05, 0) is 42.0 Å². The minimum Gasteiger partial charge on any atom is -0.335 e. The number of nitrogens with zero attached hydrogens (tertiary/aromatic N) is 3. The lowest BCUT2D eigenvalue weighted by atomic mass is 10.1. The number of nitrogens with one attached hydrogen (secondary N) is 1. The average molecular weight is 504 g/mol. The molecule has 0 saturated carbocycles. The molecule has 0 spiro atoms. The Morgan fingerprint density at radius 1 is 0.784 bits per heavy atom. The van der Waals surface area contributed by atoms with Gasteiger partial charge in [-0.3, -0.25) is 23.9 Å². The zero-order valence-corrected chi connectivity index (χ0v) is 19.6. The number of fused-ring (bicyclic) bond motifs is 1. The summed E-state index contributed by atoms with van der Waals surface area (Å²) in [6.07, 6.45) is 0. The topological polar surface area (TPSA) is 95.5 Å². The van der Waals surface area contributed by atoms with Gasteiger partial charge in [-0.25, -0.2) is 13.6 Å². The van der Waals surface area contributed by atoms with Crippen molar-refractivity contribution in [2.24, 2.45) is 0 Å². The molecule has 1 N–H and O–H groups in total. The van der Waals surface area contributed by atoms with Gasteiger partial charge < -0.3 is 9.80 Å². The molecule has 2 amide bonds. The fraction of sp³-hybridized carbons (Fsp3) is 0.185. The predicted octanol–water partition coefficient (Wildman–Crippen LogP) is 2.61. The van der Waals surface area contributed by atoms with Crippen LogP contribution in [-0.4, -0.2) is 57.3 Å². The minimum absolute atomic E-state index is 0.0881. The van der Waals surface area contributed by atoms with Crippen LogP contribution in [0.3, 0.4) is 0 Å². The van der Waals surface area contributed by atoms with Crippen LogP contribution in [0, 0.1) is 11.6 Å². The Morgan fingerprint density at radius 2 is 1.46 bits per heavy atom. The molecule has 4 aromatic rings. The number of aromatic nitrogens is 2. The summed E-state index contributed by atoms with van der Waals surface area (Å²) in [7, 11) is 0. The van der Waals surface area contributed by atoms with Crippen molar-refractivity contribution >= 4 is 22.7 Å². The van der Waals surface area contributed by atoms with Crippen molar-refractivity contribution < 1.29 is 18.4 Å². The number of aromatic amines is 1. The second-order valence-electron chi connectivity index (χ2n) is 8.74. The number of rotatable bonds is 4. The van der Waals surface area contributed by atoms with Crippen LogP contribution in [0.15, 0.2) is 76.3 Å². The molecule has 3 aromatic carbocycles. The van der Waals surface area contributed by atoms with Gasteiger partial charge in [0.1, 0.15) is 11.6 Å². The van der Waals surface area contributed by atoms with E-state index < -0.39 is 28.8 Å². The Balaban J connectivity index is 1.36. The van der Waals surface area contributed by atoms with Gasteiger partial charge in [0, 0.05) is 31.7 Å². The van der Waals surface area contributed by atoms with Gasteiger partial charge in [-0.2, -0.15) is 0 Å². The van der Waals surface area contributed by atoms with Crippen LogP contribution in [0.1, 0.15) is 26.3 Å². The van der Waals surface area contributed by atoms with Gasteiger partial charge in [-0.15, -0.1) is 0 Å². The minimum atomic E-state index is -0.839. The molecule has 1 fully saturated rings. The van der Waals surface area contributed by atoms with Crippen LogP contribution in [0.25, 0.3) is 10.9 Å². The third-order valence-electron chi connectivity index (χ3n) is 6.45. The van der Waals surface area contributed by atoms with Crippen molar-refractivity contribution in [1.82, 2.24) is 19.4 Å². The Hall–Kier alpha value is -4.60. The molecule has 0 atom stereocenters. The SMILES string of the molecule is O=C(c1ccccc1)N1CCN(C(=O)c2cc(Cn3c(=O)[nH]c(=O)c4c(F)cccc43)ccc2F)CC1. The number of hydrogen-bond donors (Lipinski definition) is 1. The highest BCUT2D eigenvalue weighted by Crippen LogP contribution is 2.18. The van der Waals surface area contributed by atoms with Crippen LogP contribution in [0.2, 0.25) is 0 Å². The Kier molecular flexibility index (Phi) is 6.39. The molecule has 1 aliphatic heterocycles. The van der Waals surface area contributed by atoms with Crippen molar-refractivity contribution in [1.29, 1.82) is 0 Å². The summed E-state index contributed by atoms with van der Waals surface area (Å²) < 4.78 is 30.1. The average Bonchev–Trinajstić information content (AvgIpc) is 2.91. The Bertz CT molecular complexity index is 1620. The van der Waals surface area contributed by atoms with Gasteiger partial charge in [0.05, 0.1) is 23.0 Å². The van der Waals surface area contributed by atoms with E-state index in [0.29, 0.717) is 24.2 Å². The highest BCUT2D eigenvalue weighted by atomic mass is 19.1. The molecule has 0 aliphatic carbocycles. The number of carbonyl (C=O) groups is 2. The molecule has 1 aromatic heterocycles. The first-order chi connectivity index (χ1) is 17.8. The summed E-state index contributed by atoms with van der Waals surface area (Å²) in [5, 5.41) is -0.261. The molecule has 10 heteroatoms. The van der Waals surface area contributed by atoms with Crippen LogP contribution in [0.5, 0.6) is 0 Å². The van der Waals surface area contributed by atoms with Gasteiger partial charge in [0.2, 0.25) is 0 Å². The highest BCUT2D eigenvalue weighted by molar-refractivity contribution is 5.96. The number of carbonyl (C=O) groups excluding carboxylic acids is 2.